The molecule has 1 saturated heterocycles. The van der Waals surface area contributed by atoms with E-state index >= 15 is 0 Å². The predicted octanol–water partition coefficient (Wildman–Crippen LogP) is 2.57. The van der Waals surface area contributed by atoms with E-state index < -0.39 is 11.4 Å². The molecule has 0 spiro atoms. The van der Waals surface area contributed by atoms with Gasteiger partial charge in [-0.25, -0.2) is 4.39 Å². The van der Waals surface area contributed by atoms with Crippen LogP contribution in [0.5, 0.6) is 0 Å². The van der Waals surface area contributed by atoms with E-state index in [1.807, 2.05) is 0 Å². The number of aliphatic carboxylic acids is 1. The third-order valence-electron chi connectivity index (χ3n) is 4.28. The Morgan fingerprint density at radius 3 is 2.71 bits per heavy atom. The van der Waals surface area contributed by atoms with E-state index in [9.17, 15) is 19.1 Å². The standard InChI is InChI=1S/C18H22FNO4/c1-24-13-18(17(22)23)10-3-11-20(12-18)16(21)5-2-4-14-6-8-15(19)9-7-14/h2,4,6-9H,3,5,10-13H2,1H3,(H,22,23)/b4-2+. The molecule has 6 heteroatoms. The van der Waals surface area contributed by atoms with Gasteiger partial charge >= 0.3 is 5.97 Å². The van der Waals surface area contributed by atoms with E-state index in [0.717, 1.165) is 5.56 Å². The van der Waals surface area contributed by atoms with Crippen LogP contribution in [0.25, 0.3) is 6.08 Å². The number of methoxy groups -OCH3 is 1. The molecule has 1 heterocycles. The maximum Gasteiger partial charge on any atom is 0.313 e. The van der Waals surface area contributed by atoms with Crippen LogP contribution in [-0.4, -0.2) is 48.7 Å². The first kappa shape index (κ1) is 18.1. The molecule has 1 aromatic rings. The highest BCUT2D eigenvalue weighted by molar-refractivity contribution is 5.81. The van der Waals surface area contributed by atoms with E-state index in [2.05, 4.69) is 0 Å². The molecule has 1 amide bonds. The lowest BCUT2D eigenvalue weighted by atomic mass is 9.80. The molecule has 2 rings (SSSR count). The number of likely N-dealkylation sites (tertiary alicyclic amines) is 1. The Labute approximate surface area is 140 Å². The molecule has 0 saturated carbocycles. The van der Waals surface area contributed by atoms with Gasteiger partial charge in [-0.2, -0.15) is 0 Å². The normalized spacial score (nSPS) is 21.2. The largest absolute Gasteiger partial charge is 0.481 e. The monoisotopic (exact) mass is 335 g/mol. The molecule has 0 aromatic heterocycles. The molecule has 1 aliphatic rings. The number of carboxylic acid groups (broad SMARTS) is 1. The number of hydrogen-bond acceptors (Lipinski definition) is 3. The van der Waals surface area contributed by atoms with Gasteiger partial charge in [-0.05, 0) is 30.5 Å². The van der Waals surface area contributed by atoms with E-state index in [-0.39, 0.29) is 31.3 Å². The van der Waals surface area contributed by atoms with Gasteiger partial charge in [0.05, 0.1) is 6.61 Å². The summed E-state index contributed by atoms with van der Waals surface area (Å²) in [5.41, 5.74) is -0.217. The average Bonchev–Trinajstić information content (AvgIpc) is 2.57. The number of piperidine rings is 1. The van der Waals surface area contributed by atoms with Crippen LogP contribution in [0.15, 0.2) is 30.3 Å². The van der Waals surface area contributed by atoms with Crippen LogP contribution in [-0.2, 0) is 14.3 Å². The molecule has 1 atom stereocenters. The minimum atomic E-state index is -1.02. The lowest BCUT2D eigenvalue weighted by Gasteiger charge is -2.39. The maximum atomic E-state index is 12.8. The molecule has 0 bridgehead atoms. The smallest absolute Gasteiger partial charge is 0.313 e. The highest BCUT2D eigenvalue weighted by atomic mass is 19.1. The number of ether oxygens (including phenoxy) is 1. The van der Waals surface area contributed by atoms with Gasteiger partial charge in [0.2, 0.25) is 5.91 Å². The Balaban J connectivity index is 1.96. The zero-order valence-electron chi connectivity index (χ0n) is 13.7. The number of nitrogens with zero attached hydrogens (tertiary/aromatic N) is 1. The lowest BCUT2D eigenvalue weighted by Crippen LogP contribution is -2.52. The lowest BCUT2D eigenvalue weighted by molar-refractivity contribution is -0.159. The van der Waals surface area contributed by atoms with Gasteiger partial charge in [0, 0.05) is 26.6 Å². The Morgan fingerprint density at radius 1 is 1.38 bits per heavy atom. The predicted molar refractivity (Wildman–Crippen MR) is 87.8 cm³/mol. The van der Waals surface area contributed by atoms with E-state index in [1.54, 1.807) is 29.2 Å². The third-order valence-corrected chi connectivity index (χ3v) is 4.28. The Kier molecular flexibility index (Phi) is 6.09. The van der Waals surface area contributed by atoms with Crippen LogP contribution >= 0.6 is 0 Å². The van der Waals surface area contributed by atoms with E-state index in [0.29, 0.717) is 19.4 Å². The van der Waals surface area contributed by atoms with Gasteiger partial charge in [-0.3, -0.25) is 9.59 Å². The summed E-state index contributed by atoms with van der Waals surface area (Å²) in [5, 5.41) is 9.50. The van der Waals surface area contributed by atoms with Crippen molar-refractivity contribution in [1.82, 2.24) is 4.90 Å². The number of carbonyl (C=O) groups is 2. The average molecular weight is 335 g/mol. The molecule has 1 unspecified atom stereocenters. The highest BCUT2D eigenvalue weighted by Crippen LogP contribution is 2.31. The van der Waals surface area contributed by atoms with Gasteiger partial charge in [-0.1, -0.05) is 24.3 Å². The minimum absolute atomic E-state index is 0.0948. The van der Waals surface area contributed by atoms with Crippen LogP contribution in [0.2, 0.25) is 0 Å². The van der Waals surface area contributed by atoms with E-state index in [4.69, 9.17) is 4.74 Å². The fourth-order valence-electron chi connectivity index (χ4n) is 2.97. The summed E-state index contributed by atoms with van der Waals surface area (Å²) in [7, 11) is 1.47. The molecule has 1 N–H and O–H groups in total. The van der Waals surface area contributed by atoms with Crippen molar-refractivity contribution in [3.63, 3.8) is 0 Å². The van der Waals surface area contributed by atoms with Crippen molar-refractivity contribution in [3.05, 3.63) is 41.7 Å². The molecule has 24 heavy (non-hydrogen) atoms. The van der Waals surface area contributed by atoms with Crippen LogP contribution in [0.3, 0.4) is 0 Å². The number of benzene rings is 1. The Hall–Kier alpha value is -2.21. The summed E-state index contributed by atoms with van der Waals surface area (Å²) < 4.78 is 17.9. The molecular formula is C18H22FNO4. The molecule has 130 valence electrons. The third kappa shape index (κ3) is 4.41. The van der Waals surface area contributed by atoms with Gasteiger partial charge < -0.3 is 14.7 Å². The fourth-order valence-corrected chi connectivity index (χ4v) is 2.97. The first-order chi connectivity index (χ1) is 11.5. The van der Waals surface area contributed by atoms with Crippen molar-refractivity contribution in [1.29, 1.82) is 0 Å². The number of amides is 1. The number of carboxylic acids is 1. The van der Waals surface area contributed by atoms with E-state index in [1.165, 1.54) is 19.2 Å². The summed E-state index contributed by atoms with van der Waals surface area (Å²) in [6.07, 6.45) is 4.79. The minimum Gasteiger partial charge on any atom is -0.481 e. The van der Waals surface area contributed by atoms with Crippen molar-refractivity contribution in [2.45, 2.75) is 19.3 Å². The summed E-state index contributed by atoms with van der Waals surface area (Å²) in [5.74, 6) is -1.35. The molecule has 1 aliphatic heterocycles. The Morgan fingerprint density at radius 2 is 2.08 bits per heavy atom. The fraction of sp³-hybridized carbons (Fsp3) is 0.444. The van der Waals surface area contributed by atoms with Crippen molar-refractivity contribution in [3.8, 4) is 0 Å². The van der Waals surface area contributed by atoms with Crippen molar-refractivity contribution in [2.75, 3.05) is 26.8 Å². The molecule has 0 radical (unpaired) electrons. The topological polar surface area (TPSA) is 66.8 Å². The quantitative estimate of drug-likeness (QED) is 0.868. The number of hydrogen-bond donors (Lipinski definition) is 1. The summed E-state index contributed by atoms with van der Waals surface area (Å²) in [6.45, 7) is 0.818. The molecule has 0 aliphatic carbocycles. The summed E-state index contributed by atoms with van der Waals surface area (Å²) in [4.78, 5) is 25.5. The maximum absolute atomic E-state index is 12.8. The number of rotatable bonds is 6. The first-order valence-corrected chi connectivity index (χ1v) is 7.89. The second-order valence-electron chi connectivity index (χ2n) is 6.10. The van der Waals surface area contributed by atoms with Crippen molar-refractivity contribution < 1.29 is 23.8 Å². The van der Waals surface area contributed by atoms with Crippen LogP contribution < -0.4 is 0 Å². The number of carbonyl (C=O) groups excluding carboxylic acids is 1. The second kappa shape index (κ2) is 8.06. The van der Waals surface area contributed by atoms with Crippen molar-refractivity contribution >= 4 is 18.0 Å². The van der Waals surface area contributed by atoms with Crippen LogP contribution in [0.1, 0.15) is 24.8 Å². The van der Waals surface area contributed by atoms with Gasteiger partial charge in [0.15, 0.2) is 0 Å². The molecule has 1 aromatic carbocycles. The Bertz CT molecular complexity index is 610. The van der Waals surface area contributed by atoms with Crippen molar-refractivity contribution in [2.24, 2.45) is 5.41 Å². The molecular weight excluding hydrogens is 313 g/mol. The SMILES string of the molecule is COCC1(C(=O)O)CCCN(C(=O)C/C=C/c2ccc(F)cc2)C1. The van der Waals surface area contributed by atoms with Gasteiger partial charge in [0.1, 0.15) is 11.2 Å². The molecule has 5 nitrogen and oxygen atoms in total. The summed E-state index contributed by atoms with van der Waals surface area (Å²) in [6, 6.07) is 5.98. The van der Waals surface area contributed by atoms with Gasteiger partial charge in [-0.15, -0.1) is 0 Å². The second-order valence-corrected chi connectivity index (χ2v) is 6.10. The van der Waals surface area contributed by atoms with Crippen LogP contribution in [0.4, 0.5) is 4.39 Å². The van der Waals surface area contributed by atoms with Gasteiger partial charge in [0.25, 0.3) is 0 Å². The van der Waals surface area contributed by atoms with Crippen LogP contribution in [0, 0.1) is 11.2 Å². The first-order valence-electron chi connectivity index (χ1n) is 7.89. The zero-order chi connectivity index (χ0) is 17.6. The zero-order valence-corrected chi connectivity index (χ0v) is 13.7. The number of halogens is 1. The summed E-state index contributed by atoms with van der Waals surface area (Å²) >= 11 is 0. The highest BCUT2D eigenvalue weighted by Gasteiger charge is 2.43. The molecule has 1 fully saturated rings.